The van der Waals surface area contributed by atoms with Crippen molar-refractivity contribution in [2.45, 2.75) is 78.7 Å². The van der Waals surface area contributed by atoms with Crippen LogP contribution in [0.15, 0.2) is 96.6 Å². The lowest BCUT2D eigenvalue weighted by Gasteiger charge is -2.41. The van der Waals surface area contributed by atoms with E-state index in [0.29, 0.717) is 29.2 Å². The van der Waals surface area contributed by atoms with Gasteiger partial charge in [-0.2, -0.15) is 0 Å². The first-order chi connectivity index (χ1) is 17.2. The summed E-state index contributed by atoms with van der Waals surface area (Å²) in [6.45, 7) is 18.6. The zero-order chi connectivity index (χ0) is 26.0. The van der Waals surface area contributed by atoms with Crippen LogP contribution in [0.3, 0.4) is 0 Å². The second kappa shape index (κ2) is 10.8. The maximum Gasteiger partial charge on any atom is 0.159 e. The van der Waals surface area contributed by atoms with Crippen LogP contribution in [0.25, 0.3) is 0 Å². The van der Waals surface area contributed by atoms with Gasteiger partial charge < -0.3 is 0 Å². The van der Waals surface area contributed by atoms with Gasteiger partial charge in [-0.05, 0) is 55.9 Å². The number of allylic oxidation sites excluding steroid dienone is 4. The number of benzene rings is 3. The Morgan fingerprint density at radius 3 is 1.25 bits per heavy atom. The van der Waals surface area contributed by atoms with Crippen LogP contribution in [-0.2, 0) is 0 Å². The molecule has 0 N–H and O–H groups in total. The van der Waals surface area contributed by atoms with E-state index >= 15 is 0 Å². The molecule has 1 heteroatoms. The summed E-state index contributed by atoms with van der Waals surface area (Å²) < 4.78 is 0. The van der Waals surface area contributed by atoms with Crippen LogP contribution in [-0.4, -0.2) is 8.07 Å². The van der Waals surface area contributed by atoms with E-state index in [1.165, 1.54) is 32.3 Å². The van der Waals surface area contributed by atoms with Crippen molar-refractivity contribution in [3.63, 3.8) is 0 Å². The van der Waals surface area contributed by atoms with Gasteiger partial charge in [-0.25, -0.2) is 0 Å². The van der Waals surface area contributed by atoms with Crippen LogP contribution >= 0.6 is 0 Å². The minimum atomic E-state index is -2.50. The highest BCUT2D eigenvalue weighted by Crippen LogP contribution is 2.39. The molecule has 0 bridgehead atoms. The van der Waals surface area contributed by atoms with Crippen LogP contribution in [0.5, 0.6) is 0 Å². The van der Waals surface area contributed by atoms with Crippen molar-refractivity contribution in [1.82, 2.24) is 0 Å². The summed E-state index contributed by atoms with van der Waals surface area (Å²) >= 11 is 0. The summed E-state index contributed by atoms with van der Waals surface area (Å²) in [5.74, 6) is 2.01. The molecule has 1 unspecified atom stereocenters. The molecule has 0 saturated carbocycles. The molecule has 0 amide bonds. The Morgan fingerprint density at radius 1 is 0.528 bits per heavy atom. The molecule has 1 aliphatic rings. The Hall–Kier alpha value is -2.64. The van der Waals surface area contributed by atoms with Gasteiger partial charge >= 0.3 is 0 Å². The highest BCUT2D eigenvalue weighted by Gasteiger charge is 2.48. The van der Waals surface area contributed by atoms with Gasteiger partial charge in [0.2, 0.25) is 0 Å². The van der Waals surface area contributed by atoms with Crippen LogP contribution < -0.4 is 15.6 Å². The summed E-state index contributed by atoms with van der Waals surface area (Å²) in [6.07, 6.45) is 7.25. The van der Waals surface area contributed by atoms with Gasteiger partial charge in [-0.1, -0.05) is 152 Å². The fourth-order valence-corrected chi connectivity index (χ4v) is 11.6. The SMILES string of the molecule is CC(C)C1=CC=CC1[Si](c1cccc(C(C)C)c1)(c1cccc(C(C)C)c1)c1cccc(C(C)C)c1. The molecule has 1 atom stereocenters. The Morgan fingerprint density at radius 2 is 0.917 bits per heavy atom. The first kappa shape index (κ1) is 26.4. The first-order valence-electron chi connectivity index (χ1n) is 13.9. The van der Waals surface area contributed by atoms with Gasteiger partial charge in [0, 0.05) is 5.54 Å². The Labute approximate surface area is 221 Å². The lowest BCUT2D eigenvalue weighted by Crippen LogP contribution is -2.70. The molecule has 188 valence electrons. The summed E-state index contributed by atoms with van der Waals surface area (Å²) in [4.78, 5) is 0. The smallest absolute Gasteiger partial charge is 0.0790 e. The van der Waals surface area contributed by atoms with Crippen LogP contribution in [0.4, 0.5) is 0 Å². The average Bonchev–Trinajstić information content (AvgIpc) is 3.36. The predicted molar refractivity (Wildman–Crippen MR) is 162 cm³/mol. The molecule has 4 rings (SSSR count). The van der Waals surface area contributed by atoms with Crippen molar-refractivity contribution in [2.24, 2.45) is 5.92 Å². The zero-order valence-corrected chi connectivity index (χ0v) is 24.5. The number of hydrogen-bond donors (Lipinski definition) is 0. The number of hydrogen-bond acceptors (Lipinski definition) is 0. The van der Waals surface area contributed by atoms with Crippen molar-refractivity contribution >= 4 is 23.6 Å². The number of rotatable bonds is 8. The monoisotopic (exact) mass is 492 g/mol. The van der Waals surface area contributed by atoms with Gasteiger partial charge in [-0.3, -0.25) is 0 Å². The fraction of sp³-hybridized carbons (Fsp3) is 0.371. The molecule has 0 radical (unpaired) electrons. The van der Waals surface area contributed by atoms with E-state index in [4.69, 9.17) is 0 Å². The first-order valence-corrected chi connectivity index (χ1v) is 15.9. The van der Waals surface area contributed by atoms with Gasteiger partial charge in [-0.15, -0.1) is 0 Å². The Kier molecular flexibility index (Phi) is 7.90. The van der Waals surface area contributed by atoms with E-state index < -0.39 is 8.07 Å². The zero-order valence-electron chi connectivity index (χ0n) is 23.5. The standard InChI is InChI=1S/C35H44Si/c1-24(2)28-13-9-16-31(21-28)36(35-20-12-19-34(35)27(7)8,32-17-10-14-29(22-32)25(3)4)33-18-11-15-30(23-33)26(5)6/h9-27,35H,1-8H3. The summed E-state index contributed by atoms with van der Waals surface area (Å²) in [6, 6.07) is 28.8. The third kappa shape index (κ3) is 4.83. The van der Waals surface area contributed by atoms with Crippen LogP contribution in [0.2, 0.25) is 5.54 Å². The van der Waals surface area contributed by atoms with Gasteiger partial charge in [0.25, 0.3) is 0 Å². The molecular formula is C35H44Si. The van der Waals surface area contributed by atoms with E-state index in [1.807, 2.05) is 0 Å². The molecule has 0 aliphatic heterocycles. The molecule has 0 aromatic heterocycles. The highest BCUT2D eigenvalue weighted by atomic mass is 28.3. The largest absolute Gasteiger partial charge is 0.159 e. The Bertz CT molecular complexity index is 1130. The minimum Gasteiger partial charge on any atom is -0.0790 e. The van der Waals surface area contributed by atoms with E-state index in [2.05, 4.69) is 146 Å². The molecule has 0 nitrogen and oxygen atoms in total. The van der Waals surface area contributed by atoms with E-state index in [-0.39, 0.29) is 0 Å². The van der Waals surface area contributed by atoms with Crippen molar-refractivity contribution in [3.05, 3.63) is 113 Å². The van der Waals surface area contributed by atoms with Crippen molar-refractivity contribution in [2.75, 3.05) is 0 Å². The molecule has 36 heavy (non-hydrogen) atoms. The van der Waals surface area contributed by atoms with Gasteiger partial charge in [0.1, 0.15) is 0 Å². The molecule has 0 heterocycles. The topological polar surface area (TPSA) is 0 Å². The van der Waals surface area contributed by atoms with Crippen LogP contribution in [0, 0.1) is 5.92 Å². The average molecular weight is 493 g/mol. The second-order valence-electron chi connectivity index (χ2n) is 11.8. The van der Waals surface area contributed by atoms with Gasteiger partial charge in [0.15, 0.2) is 8.07 Å². The quantitative estimate of drug-likeness (QED) is 0.220. The van der Waals surface area contributed by atoms with Gasteiger partial charge in [0.05, 0.1) is 0 Å². The third-order valence-electron chi connectivity index (χ3n) is 8.11. The highest BCUT2D eigenvalue weighted by molar-refractivity contribution is 7.13. The maximum absolute atomic E-state index is 2.55. The summed E-state index contributed by atoms with van der Waals surface area (Å²) in [7, 11) is -2.50. The lowest BCUT2D eigenvalue weighted by atomic mass is 10.0. The molecular weight excluding hydrogens is 448 g/mol. The minimum absolute atomic E-state index is 0.393. The summed E-state index contributed by atoms with van der Waals surface area (Å²) in [5.41, 5.74) is 6.26. The molecule has 0 saturated heterocycles. The normalized spacial score (nSPS) is 16.0. The molecule has 0 fully saturated rings. The van der Waals surface area contributed by atoms with Crippen molar-refractivity contribution < 1.29 is 0 Å². The summed E-state index contributed by atoms with van der Waals surface area (Å²) in [5, 5.41) is 4.58. The van der Waals surface area contributed by atoms with Crippen molar-refractivity contribution in [1.29, 1.82) is 0 Å². The van der Waals surface area contributed by atoms with Crippen molar-refractivity contribution in [3.8, 4) is 0 Å². The van der Waals surface area contributed by atoms with E-state index in [9.17, 15) is 0 Å². The van der Waals surface area contributed by atoms with E-state index in [0.717, 1.165) is 0 Å². The Balaban J connectivity index is 2.16. The van der Waals surface area contributed by atoms with E-state index in [1.54, 1.807) is 5.57 Å². The molecule has 3 aromatic carbocycles. The molecule has 0 spiro atoms. The maximum atomic E-state index is 2.55. The fourth-order valence-electron chi connectivity index (χ4n) is 5.91. The molecule has 3 aromatic rings. The van der Waals surface area contributed by atoms with Crippen LogP contribution in [0.1, 0.15) is 89.8 Å². The lowest BCUT2D eigenvalue weighted by molar-refractivity contribution is 0.748. The third-order valence-corrected chi connectivity index (χ3v) is 13.2. The molecule has 1 aliphatic carbocycles. The predicted octanol–water partition coefficient (Wildman–Crippen LogP) is 8.05. The second-order valence-corrected chi connectivity index (χ2v) is 15.8.